The normalized spacial score (nSPS) is 15.7. The fourth-order valence-corrected chi connectivity index (χ4v) is 5.95. The Morgan fingerprint density at radius 2 is 1.79 bits per heavy atom. The molecule has 0 radical (unpaired) electrons. The molecule has 1 aliphatic heterocycles. The van der Waals surface area contributed by atoms with Gasteiger partial charge in [0.15, 0.2) is 6.17 Å². The van der Waals surface area contributed by atoms with Crippen molar-refractivity contribution >= 4 is 39.2 Å². The number of sulfonamides is 1. The first-order valence-electron chi connectivity index (χ1n) is 11.9. The maximum Gasteiger partial charge on any atom is 0.323 e. The molecule has 1 heterocycles. The minimum absolute atomic E-state index is 0.0725. The Morgan fingerprint density at radius 3 is 2.46 bits per heavy atom. The van der Waals surface area contributed by atoms with Crippen LogP contribution in [0.2, 0.25) is 5.02 Å². The molecule has 1 fully saturated rings. The Labute approximate surface area is 230 Å². The quantitative estimate of drug-likeness (QED) is 0.378. The molecule has 4 N–H and O–H groups in total. The lowest BCUT2D eigenvalue weighted by Crippen LogP contribution is -2.54. The molecular formula is C26H27ClFN5O5S. The molecule has 0 bridgehead atoms. The molecule has 206 valence electrons. The summed E-state index contributed by atoms with van der Waals surface area (Å²) < 4.78 is 46.8. The monoisotopic (exact) mass is 575 g/mol. The molecule has 3 aromatic rings. The maximum atomic E-state index is 13.7. The summed E-state index contributed by atoms with van der Waals surface area (Å²) in [7, 11) is -2.84. The number of carbonyl (C=O) groups excluding carboxylic acids is 2. The van der Waals surface area contributed by atoms with Crippen LogP contribution in [0.4, 0.5) is 14.9 Å². The summed E-state index contributed by atoms with van der Waals surface area (Å²) in [6, 6.07) is 16.0. The van der Waals surface area contributed by atoms with Gasteiger partial charge in [0.25, 0.3) is 5.91 Å². The van der Waals surface area contributed by atoms with Crippen molar-refractivity contribution in [2.24, 2.45) is 5.73 Å². The van der Waals surface area contributed by atoms with Crippen molar-refractivity contribution in [1.29, 1.82) is 0 Å². The van der Waals surface area contributed by atoms with E-state index in [2.05, 4.69) is 10.6 Å². The molecule has 10 nitrogen and oxygen atoms in total. The molecule has 3 amide bonds. The topological polar surface area (TPSA) is 134 Å². The van der Waals surface area contributed by atoms with E-state index in [9.17, 15) is 22.4 Å². The average Bonchev–Trinajstić information content (AvgIpc) is 3.40. The summed E-state index contributed by atoms with van der Waals surface area (Å²) in [5.41, 5.74) is 7.73. The van der Waals surface area contributed by atoms with Crippen LogP contribution < -0.4 is 21.1 Å². The summed E-state index contributed by atoms with van der Waals surface area (Å²) in [5, 5.41) is 5.02. The molecule has 1 unspecified atom stereocenters. The highest BCUT2D eigenvalue weighted by Gasteiger charge is 2.46. The van der Waals surface area contributed by atoms with Gasteiger partial charge in [0, 0.05) is 31.9 Å². The number of methoxy groups -OCH3 is 1. The van der Waals surface area contributed by atoms with E-state index in [-0.39, 0.29) is 29.6 Å². The van der Waals surface area contributed by atoms with Crippen LogP contribution in [0.25, 0.3) is 0 Å². The number of nitrogens with two attached hydrogens (primary N) is 1. The lowest BCUT2D eigenvalue weighted by Gasteiger charge is -2.29. The Kier molecular flexibility index (Phi) is 8.70. The SMILES string of the molecule is COc1ccc(NC(=O)N2CCN(S(=O)(=O)c3ccc(F)c(Cl)c3)C2C(=O)NCc2cccc(CN)c2)cc1. The van der Waals surface area contributed by atoms with Gasteiger partial charge in [-0.05, 0) is 53.6 Å². The van der Waals surface area contributed by atoms with E-state index in [1.54, 1.807) is 36.4 Å². The summed E-state index contributed by atoms with van der Waals surface area (Å²) in [6.45, 7) is 0.147. The predicted molar refractivity (Wildman–Crippen MR) is 144 cm³/mol. The third kappa shape index (κ3) is 6.31. The van der Waals surface area contributed by atoms with Gasteiger partial charge in [-0.15, -0.1) is 0 Å². The summed E-state index contributed by atoms with van der Waals surface area (Å²) in [4.78, 5) is 27.5. The number of urea groups is 1. The van der Waals surface area contributed by atoms with Crippen molar-refractivity contribution < 1.29 is 27.1 Å². The highest BCUT2D eigenvalue weighted by Crippen LogP contribution is 2.28. The number of amides is 3. The second-order valence-corrected chi connectivity index (χ2v) is 11.0. The second-order valence-electron chi connectivity index (χ2n) is 8.66. The number of hydrogen-bond donors (Lipinski definition) is 3. The van der Waals surface area contributed by atoms with Crippen molar-refractivity contribution in [2.75, 3.05) is 25.5 Å². The van der Waals surface area contributed by atoms with E-state index in [1.807, 2.05) is 12.1 Å². The Balaban J connectivity index is 1.62. The molecule has 0 spiro atoms. The Morgan fingerprint density at radius 1 is 1.08 bits per heavy atom. The molecule has 0 aliphatic carbocycles. The van der Waals surface area contributed by atoms with Crippen LogP contribution in [-0.2, 0) is 27.9 Å². The average molecular weight is 576 g/mol. The van der Waals surface area contributed by atoms with Gasteiger partial charge < -0.3 is 21.1 Å². The molecule has 1 aliphatic rings. The summed E-state index contributed by atoms with van der Waals surface area (Å²) >= 11 is 5.83. The largest absolute Gasteiger partial charge is 0.497 e. The van der Waals surface area contributed by atoms with Gasteiger partial charge in [-0.2, -0.15) is 4.31 Å². The van der Waals surface area contributed by atoms with Crippen molar-refractivity contribution in [2.45, 2.75) is 24.2 Å². The fraction of sp³-hybridized carbons (Fsp3) is 0.231. The van der Waals surface area contributed by atoms with Gasteiger partial charge in [-0.25, -0.2) is 17.6 Å². The second kappa shape index (κ2) is 12.0. The molecule has 39 heavy (non-hydrogen) atoms. The molecule has 1 atom stereocenters. The number of ether oxygens (including phenoxy) is 1. The molecular weight excluding hydrogens is 549 g/mol. The van der Waals surface area contributed by atoms with Gasteiger partial charge >= 0.3 is 6.03 Å². The first-order chi connectivity index (χ1) is 18.6. The maximum absolute atomic E-state index is 13.7. The van der Waals surface area contributed by atoms with Gasteiger partial charge in [0.05, 0.1) is 17.0 Å². The minimum Gasteiger partial charge on any atom is -0.497 e. The minimum atomic E-state index is -4.35. The van der Waals surface area contributed by atoms with Crippen LogP contribution >= 0.6 is 11.6 Å². The third-order valence-electron chi connectivity index (χ3n) is 6.16. The van der Waals surface area contributed by atoms with Crippen LogP contribution in [0.3, 0.4) is 0 Å². The van der Waals surface area contributed by atoms with E-state index in [0.717, 1.165) is 38.5 Å². The molecule has 1 saturated heterocycles. The van der Waals surface area contributed by atoms with Crippen molar-refractivity contribution in [3.63, 3.8) is 0 Å². The van der Waals surface area contributed by atoms with Crippen molar-refractivity contribution in [3.05, 3.63) is 88.7 Å². The van der Waals surface area contributed by atoms with Crippen LogP contribution in [0, 0.1) is 5.82 Å². The highest BCUT2D eigenvalue weighted by molar-refractivity contribution is 7.89. The van der Waals surface area contributed by atoms with Gasteiger partial charge in [-0.3, -0.25) is 9.69 Å². The molecule has 0 aromatic heterocycles. The first-order valence-corrected chi connectivity index (χ1v) is 13.7. The number of hydrogen-bond acceptors (Lipinski definition) is 6. The predicted octanol–water partition coefficient (Wildman–Crippen LogP) is 3.13. The fourth-order valence-electron chi connectivity index (χ4n) is 4.13. The lowest BCUT2D eigenvalue weighted by molar-refractivity contribution is -0.127. The van der Waals surface area contributed by atoms with Crippen LogP contribution in [0.5, 0.6) is 5.75 Å². The number of nitrogens with one attached hydrogen (secondary N) is 2. The number of halogens is 2. The molecule has 3 aromatic carbocycles. The van der Waals surface area contributed by atoms with Crippen molar-refractivity contribution in [3.8, 4) is 5.75 Å². The number of nitrogens with zero attached hydrogens (tertiary/aromatic N) is 2. The zero-order valence-electron chi connectivity index (χ0n) is 20.9. The highest BCUT2D eigenvalue weighted by atomic mass is 35.5. The van der Waals surface area contributed by atoms with Crippen molar-refractivity contribution in [1.82, 2.24) is 14.5 Å². The van der Waals surface area contributed by atoms with Crippen LogP contribution in [0.15, 0.2) is 71.6 Å². The standard InChI is InChI=1S/C26H27ClFN5O5S/c1-38-20-7-5-19(6-8-20)31-26(35)32-11-12-33(39(36,37)21-9-10-23(28)22(27)14-21)25(32)24(34)30-16-18-4-2-3-17(13-18)15-29/h2-10,13-14,25H,11-12,15-16,29H2,1H3,(H,30,34)(H,31,35). The number of carbonyl (C=O) groups is 2. The van der Waals surface area contributed by atoms with E-state index in [4.69, 9.17) is 22.1 Å². The van der Waals surface area contributed by atoms with Gasteiger partial charge in [0.2, 0.25) is 10.0 Å². The third-order valence-corrected chi connectivity index (χ3v) is 8.30. The van der Waals surface area contributed by atoms with Crippen LogP contribution in [-0.4, -0.2) is 55.9 Å². The lowest BCUT2D eigenvalue weighted by atomic mass is 10.1. The van der Waals surface area contributed by atoms with Gasteiger partial charge in [-0.1, -0.05) is 35.9 Å². The smallest absolute Gasteiger partial charge is 0.323 e. The summed E-state index contributed by atoms with van der Waals surface area (Å²) in [6.07, 6.45) is -1.52. The zero-order chi connectivity index (χ0) is 28.2. The Hall–Kier alpha value is -3.71. The Bertz CT molecular complexity index is 1470. The number of anilines is 1. The molecule has 13 heteroatoms. The summed E-state index contributed by atoms with van der Waals surface area (Å²) in [5.74, 6) is -0.917. The van der Waals surface area contributed by atoms with E-state index in [0.29, 0.717) is 18.0 Å². The zero-order valence-corrected chi connectivity index (χ0v) is 22.5. The number of benzene rings is 3. The first kappa shape index (κ1) is 28.3. The van der Waals surface area contributed by atoms with E-state index >= 15 is 0 Å². The molecule has 4 rings (SSSR count). The van der Waals surface area contributed by atoms with Crippen LogP contribution in [0.1, 0.15) is 11.1 Å². The molecule has 0 saturated carbocycles. The number of rotatable bonds is 8. The van der Waals surface area contributed by atoms with E-state index < -0.39 is 33.9 Å². The van der Waals surface area contributed by atoms with E-state index in [1.165, 1.54) is 7.11 Å². The van der Waals surface area contributed by atoms with Gasteiger partial charge in [0.1, 0.15) is 11.6 Å².